The Bertz CT molecular complexity index is 902. The molecule has 2 aromatic carbocycles. The Morgan fingerprint density at radius 1 is 1.03 bits per heavy atom. The van der Waals surface area contributed by atoms with E-state index in [0.29, 0.717) is 46.4 Å². The Morgan fingerprint density at radius 3 is 2.31 bits per heavy atom. The van der Waals surface area contributed by atoms with Crippen molar-refractivity contribution in [2.24, 2.45) is 5.92 Å². The number of benzene rings is 2. The summed E-state index contributed by atoms with van der Waals surface area (Å²) in [5.41, 5.74) is 8.34. The van der Waals surface area contributed by atoms with E-state index in [0.717, 1.165) is 5.56 Å². The molecule has 0 saturated carbocycles. The van der Waals surface area contributed by atoms with Crippen LogP contribution >= 0.6 is 0 Å². The summed E-state index contributed by atoms with van der Waals surface area (Å²) in [6, 6.07) is 8.81. The molecule has 2 N–H and O–H groups in total. The number of anilines is 1. The van der Waals surface area contributed by atoms with Crippen LogP contribution in [0.5, 0.6) is 23.0 Å². The third-order valence-corrected chi connectivity index (χ3v) is 4.48. The number of carbonyl (C=O) groups is 1. The molecule has 0 amide bonds. The van der Waals surface area contributed by atoms with E-state index in [1.54, 1.807) is 25.3 Å². The molecule has 0 aliphatic rings. The fourth-order valence-electron chi connectivity index (χ4n) is 2.98. The molecule has 0 aliphatic carbocycles. The van der Waals surface area contributed by atoms with E-state index in [1.807, 2.05) is 39.0 Å². The molecule has 0 radical (unpaired) electrons. The van der Waals surface area contributed by atoms with E-state index in [4.69, 9.17) is 24.7 Å². The van der Waals surface area contributed by atoms with Gasteiger partial charge in [-0.3, -0.25) is 4.79 Å². The molecule has 0 spiro atoms. The van der Waals surface area contributed by atoms with Gasteiger partial charge in [-0.2, -0.15) is 0 Å². The van der Waals surface area contributed by atoms with Crippen molar-refractivity contribution in [1.82, 2.24) is 0 Å². The molecular formula is C23H29NO5. The highest BCUT2D eigenvalue weighted by molar-refractivity contribution is 6.13. The predicted molar refractivity (Wildman–Crippen MR) is 115 cm³/mol. The van der Waals surface area contributed by atoms with Crippen molar-refractivity contribution < 1.29 is 23.7 Å². The normalized spacial score (nSPS) is 11.3. The van der Waals surface area contributed by atoms with Crippen LogP contribution in [-0.2, 0) is 0 Å². The molecule has 0 unspecified atom stereocenters. The average Bonchev–Trinajstić information content (AvgIpc) is 2.72. The molecule has 0 fully saturated rings. The number of hydrogen-bond donors (Lipinski definition) is 1. The van der Waals surface area contributed by atoms with Crippen LogP contribution in [0.1, 0.15) is 36.7 Å². The lowest BCUT2D eigenvalue weighted by Crippen LogP contribution is -2.11. The van der Waals surface area contributed by atoms with Gasteiger partial charge in [-0.25, -0.2) is 0 Å². The first-order chi connectivity index (χ1) is 13.9. The molecule has 6 heteroatoms. The Kier molecular flexibility index (Phi) is 7.53. The molecule has 0 aliphatic heterocycles. The molecule has 6 nitrogen and oxygen atoms in total. The maximum Gasteiger partial charge on any atom is 0.193 e. The highest BCUT2D eigenvalue weighted by Crippen LogP contribution is 2.38. The summed E-state index contributed by atoms with van der Waals surface area (Å²) in [5.74, 6) is 1.72. The lowest BCUT2D eigenvalue weighted by atomic mass is 9.91. The zero-order valence-electron chi connectivity index (χ0n) is 17.9. The SMILES string of the molecule is CCOc1cc(C=C(C(=O)c2cc(OC)cc(OC)c2OC)C(C)C)ccc1N. The predicted octanol–water partition coefficient (Wildman–Crippen LogP) is 4.62. The van der Waals surface area contributed by atoms with E-state index in [2.05, 4.69) is 0 Å². The number of nitrogens with two attached hydrogens (primary N) is 1. The highest BCUT2D eigenvalue weighted by Gasteiger charge is 2.23. The third-order valence-electron chi connectivity index (χ3n) is 4.48. The van der Waals surface area contributed by atoms with Crippen LogP contribution in [-0.4, -0.2) is 33.7 Å². The molecular weight excluding hydrogens is 370 g/mol. The quantitative estimate of drug-likeness (QED) is 0.377. The number of ketones is 1. The Hall–Kier alpha value is -3.15. The summed E-state index contributed by atoms with van der Waals surface area (Å²) in [6.07, 6.45) is 1.85. The van der Waals surface area contributed by atoms with Gasteiger partial charge in [-0.15, -0.1) is 0 Å². The second kappa shape index (κ2) is 9.87. The first-order valence-electron chi connectivity index (χ1n) is 9.44. The van der Waals surface area contributed by atoms with Gasteiger partial charge in [0, 0.05) is 11.6 Å². The van der Waals surface area contributed by atoms with Crippen molar-refractivity contribution in [2.75, 3.05) is 33.7 Å². The first-order valence-corrected chi connectivity index (χ1v) is 9.44. The maximum atomic E-state index is 13.5. The van der Waals surface area contributed by atoms with Crippen LogP contribution in [0.2, 0.25) is 0 Å². The Morgan fingerprint density at radius 2 is 1.76 bits per heavy atom. The van der Waals surface area contributed by atoms with Crippen molar-refractivity contribution in [3.05, 3.63) is 47.0 Å². The maximum absolute atomic E-state index is 13.5. The van der Waals surface area contributed by atoms with Crippen LogP contribution in [0.15, 0.2) is 35.9 Å². The van der Waals surface area contributed by atoms with Crippen LogP contribution < -0.4 is 24.7 Å². The van der Waals surface area contributed by atoms with Crippen molar-refractivity contribution in [3.63, 3.8) is 0 Å². The van der Waals surface area contributed by atoms with Crippen molar-refractivity contribution in [1.29, 1.82) is 0 Å². The second-order valence-electron chi connectivity index (χ2n) is 6.72. The number of methoxy groups -OCH3 is 3. The number of ether oxygens (including phenoxy) is 4. The number of Topliss-reactive ketones (excluding diaryl/α,β-unsaturated/α-hetero) is 1. The third kappa shape index (κ3) is 5.02. The van der Waals surface area contributed by atoms with Crippen LogP contribution in [0.4, 0.5) is 5.69 Å². The molecule has 0 aromatic heterocycles. The minimum absolute atomic E-state index is 0.0301. The fraction of sp³-hybridized carbons (Fsp3) is 0.348. The number of rotatable bonds is 9. The molecule has 156 valence electrons. The molecule has 0 bridgehead atoms. The molecule has 0 atom stereocenters. The summed E-state index contributed by atoms with van der Waals surface area (Å²) in [5, 5.41) is 0. The summed E-state index contributed by atoms with van der Waals surface area (Å²) < 4.78 is 21.7. The standard InChI is InChI=1S/C23H29NO5/c1-7-29-20-11-15(8-9-19(20)24)10-17(14(2)3)22(25)18-12-16(26-4)13-21(27-5)23(18)28-6/h8-14H,7,24H2,1-6H3. The van der Waals surface area contributed by atoms with Gasteiger partial charge in [-0.05, 0) is 42.7 Å². The van der Waals surface area contributed by atoms with E-state index < -0.39 is 0 Å². The zero-order valence-corrected chi connectivity index (χ0v) is 17.9. The topological polar surface area (TPSA) is 80.0 Å². The summed E-state index contributed by atoms with van der Waals surface area (Å²) in [4.78, 5) is 13.5. The van der Waals surface area contributed by atoms with Gasteiger partial charge in [0.05, 0.1) is 39.2 Å². The molecule has 0 heterocycles. The average molecular weight is 399 g/mol. The molecule has 29 heavy (non-hydrogen) atoms. The molecule has 2 aromatic rings. The number of carbonyl (C=O) groups excluding carboxylic acids is 1. The van der Waals surface area contributed by atoms with Gasteiger partial charge < -0.3 is 24.7 Å². The number of hydrogen-bond acceptors (Lipinski definition) is 6. The summed E-state index contributed by atoms with van der Waals surface area (Å²) in [6.45, 7) is 6.34. The molecule has 2 rings (SSSR count). The lowest BCUT2D eigenvalue weighted by Gasteiger charge is -2.17. The number of allylic oxidation sites excluding steroid dienone is 1. The zero-order chi connectivity index (χ0) is 21.6. The Labute approximate surface area is 172 Å². The van der Waals surface area contributed by atoms with Crippen LogP contribution in [0.3, 0.4) is 0 Å². The van der Waals surface area contributed by atoms with Gasteiger partial charge in [-0.1, -0.05) is 19.9 Å². The van der Waals surface area contributed by atoms with Crippen molar-refractivity contribution in [2.45, 2.75) is 20.8 Å². The van der Waals surface area contributed by atoms with Gasteiger partial charge in [0.25, 0.3) is 0 Å². The van der Waals surface area contributed by atoms with Crippen molar-refractivity contribution in [3.8, 4) is 23.0 Å². The first kappa shape index (κ1) is 22.1. The monoisotopic (exact) mass is 399 g/mol. The van der Waals surface area contributed by atoms with Crippen LogP contribution in [0, 0.1) is 5.92 Å². The Balaban J connectivity index is 2.58. The highest BCUT2D eigenvalue weighted by atomic mass is 16.5. The smallest absolute Gasteiger partial charge is 0.193 e. The van der Waals surface area contributed by atoms with E-state index in [-0.39, 0.29) is 11.7 Å². The lowest BCUT2D eigenvalue weighted by molar-refractivity contribution is 0.102. The van der Waals surface area contributed by atoms with Gasteiger partial charge in [0.1, 0.15) is 11.5 Å². The van der Waals surface area contributed by atoms with Crippen LogP contribution in [0.25, 0.3) is 6.08 Å². The summed E-state index contributed by atoms with van der Waals surface area (Å²) in [7, 11) is 4.57. The summed E-state index contributed by atoms with van der Waals surface area (Å²) >= 11 is 0. The van der Waals surface area contributed by atoms with E-state index >= 15 is 0 Å². The van der Waals surface area contributed by atoms with E-state index in [9.17, 15) is 4.79 Å². The number of nitrogen functional groups attached to an aromatic ring is 1. The fourth-order valence-corrected chi connectivity index (χ4v) is 2.98. The minimum Gasteiger partial charge on any atom is -0.497 e. The molecule has 0 saturated heterocycles. The minimum atomic E-state index is -0.163. The largest absolute Gasteiger partial charge is 0.497 e. The van der Waals surface area contributed by atoms with Gasteiger partial charge >= 0.3 is 0 Å². The van der Waals surface area contributed by atoms with Crippen molar-refractivity contribution >= 4 is 17.5 Å². The van der Waals surface area contributed by atoms with Gasteiger partial charge in [0.15, 0.2) is 17.3 Å². The second-order valence-corrected chi connectivity index (χ2v) is 6.72. The van der Waals surface area contributed by atoms with E-state index in [1.165, 1.54) is 14.2 Å². The van der Waals surface area contributed by atoms with Gasteiger partial charge in [0.2, 0.25) is 0 Å².